The van der Waals surface area contributed by atoms with E-state index in [1.807, 2.05) is 42.5 Å². The standard InChI is InChI=1S/C24H25NO5/c1-28-17-7-4-14(5-8-17)16-10-19-24(20(26)11-16)18(13-23(27)25-19)15-6-9-21(29-2)22(12-15)30-3/h4-9,12,16,18H,10-11,13H2,1-3H3,(H,25,27)/t16-,18-/m1/s1. The summed E-state index contributed by atoms with van der Waals surface area (Å²) in [5.74, 6) is 1.74. The van der Waals surface area contributed by atoms with Crippen LogP contribution in [0.1, 0.15) is 42.2 Å². The average molecular weight is 407 g/mol. The second-order valence-corrected chi connectivity index (χ2v) is 7.61. The topological polar surface area (TPSA) is 73.9 Å². The zero-order valence-corrected chi connectivity index (χ0v) is 17.4. The molecule has 0 radical (unpaired) electrons. The minimum Gasteiger partial charge on any atom is -0.497 e. The van der Waals surface area contributed by atoms with E-state index in [0.717, 1.165) is 22.6 Å². The molecule has 2 atom stereocenters. The predicted molar refractivity (Wildman–Crippen MR) is 112 cm³/mol. The van der Waals surface area contributed by atoms with Gasteiger partial charge in [-0.2, -0.15) is 0 Å². The number of carbonyl (C=O) groups excluding carboxylic acids is 2. The molecule has 2 aliphatic rings. The fourth-order valence-corrected chi connectivity index (χ4v) is 4.43. The lowest BCUT2D eigenvalue weighted by molar-refractivity contribution is -0.122. The third-order valence-electron chi connectivity index (χ3n) is 5.93. The highest BCUT2D eigenvalue weighted by Crippen LogP contribution is 2.44. The molecule has 0 unspecified atom stereocenters. The predicted octanol–water partition coefficient (Wildman–Crippen LogP) is 3.72. The second-order valence-electron chi connectivity index (χ2n) is 7.61. The molecule has 6 nitrogen and oxygen atoms in total. The Balaban J connectivity index is 1.68. The van der Waals surface area contributed by atoms with Gasteiger partial charge >= 0.3 is 0 Å². The van der Waals surface area contributed by atoms with Gasteiger partial charge in [0.1, 0.15) is 5.75 Å². The summed E-state index contributed by atoms with van der Waals surface area (Å²) in [6.45, 7) is 0. The van der Waals surface area contributed by atoms with Crippen molar-refractivity contribution in [2.45, 2.75) is 31.1 Å². The minimum absolute atomic E-state index is 0.0339. The summed E-state index contributed by atoms with van der Waals surface area (Å²) in [6.07, 6.45) is 1.29. The Hall–Kier alpha value is -3.28. The van der Waals surface area contributed by atoms with Gasteiger partial charge in [0.2, 0.25) is 5.91 Å². The molecule has 1 N–H and O–H groups in total. The summed E-state index contributed by atoms with van der Waals surface area (Å²) in [6, 6.07) is 13.3. The Morgan fingerprint density at radius 3 is 2.17 bits per heavy atom. The van der Waals surface area contributed by atoms with Gasteiger partial charge in [-0.3, -0.25) is 9.59 Å². The molecule has 6 heteroatoms. The molecule has 156 valence electrons. The van der Waals surface area contributed by atoms with Crippen molar-refractivity contribution in [3.8, 4) is 17.2 Å². The summed E-state index contributed by atoms with van der Waals surface area (Å²) < 4.78 is 16.0. The first-order valence-corrected chi connectivity index (χ1v) is 9.96. The number of hydrogen-bond donors (Lipinski definition) is 1. The van der Waals surface area contributed by atoms with Crippen molar-refractivity contribution in [3.63, 3.8) is 0 Å². The van der Waals surface area contributed by atoms with Crippen LogP contribution in [0.2, 0.25) is 0 Å². The number of rotatable bonds is 5. The number of ether oxygens (including phenoxy) is 3. The van der Waals surface area contributed by atoms with Gasteiger partial charge in [-0.05, 0) is 47.7 Å². The van der Waals surface area contributed by atoms with Crippen LogP contribution in [-0.2, 0) is 9.59 Å². The number of methoxy groups -OCH3 is 3. The molecule has 0 fully saturated rings. The molecule has 0 saturated heterocycles. The SMILES string of the molecule is COc1ccc([C@H]2CC(=O)C3=C(C2)NC(=O)C[C@@H]3c2ccc(OC)c(OC)c2)cc1. The molecule has 0 saturated carbocycles. The Labute approximate surface area is 175 Å². The van der Waals surface area contributed by atoms with Gasteiger partial charge < -0.3 is 19.5 Å². The molecule has 1 heterocycles. The number of nitrogens with one attached hydrogen (secondary N) is 1. The van der Waals surface area contributed by atoms with Crippen LogP contribution < -0.4 is 19.5 Å². The molecule has 30 heavy (non-hydrogen) atoms. The molecule has 0 bridgehead atoms. The van der Waals surface area contributed by atoms with E-state index in [9.17, 15) is 9.59 Å². The van der Waals surface area contributed by atoms with Crippen LogP contribution in [0, 0.1) is 0 Å². The Kier molecular flexibility index (Phi) is 5.48. The fourth-order valence-electron chi connectivity index (χ4n) is 4.43. The van der Waals surface area contributed by atoms with Crippen LogP contribution >= 0.6 is 0 Å². The summed E-state index contributed by atoms with van der Waals surface area (Å²) in [5, 5.41) is 2.96. The first-order chi connectivity index (χ1) is 14.5. The number of Topliss-reactive ketones (excluding diaryl/α,β-unsaturated/α-hetero) is 1. The number of carbonyl (C=O) groups is 2. The van der Waals surface area contributed by atoms with Gasteiger partial charge in [0.25, 0.3) is 0 Å². The number of allylic oxidation sites excluding steroid dienone is 2. The Morgan fingerprint density at radius 2 is 1.50 bits per heavy atom. The van der Waals surface area contributed by atoms with E-state index in [0.29, 0.717) is 29.9 Å². The van der Waals surface area contributed by atoms with E-state index in [1.165, 1.54) is 0 Å². The highest BCUT2D eigenvalue weighted by molar-refractivity contribution is 6.02. The van der Waals surface area contributed by atoms with Crippen molar-refractivity contribution in [2.75, 3.05) is 21.3 Å². The van der Waals surface area contributed by atoms with E-state index >= 15 is 0 Å². The zero-order chi connectivity index (χ0) is 21.3. The van der Waals surface area contributed by atoms with E-state index in [1.54, 1.807) is 21.3 Å². The lowest BCUT2D eigenvalue weighted by Gasteiger charge is -2.34. The van der Waals surface area contributed by atoms with E-state index in [-0.39, 0.29) is 29.9 Å². The molecule has 0 spiro atoms. The number of ketones is 1. The third-order valence-corrected chi connectivity index (χ3v) is 5.93. The van der Waals surface area contributed by atoms with Crippen molar-refractivity contribution >= 4 is 11.7 Å². The summed E-state index contributed by atoms with van der Waals surface area (Å²) in [4.78, 5) is 25.7. The van der Waals surface area contributed by atoms with Crippen LogP contribution in [0.25, 0.3) is 0 Å². The van der Waals surface area contributed by atoms with Crippen LogP contribution in [0.4, 0.5) is 0 Å². The largest absolute Gasteiger partial charge is 0.497 e. The molecule has 2 aromatic carbocycles. The lowest BCUT2D eigenvalue weighted by atomic mass is 9.73. The van der Waals surface area contributed by atoms with Crippen molar-refractivity contribution in [1.82, 2.24) is 5.32 Å². The third kappa shape index (κ3) is 3.65. The summed E-state index contributed by atoms with van der Waals surface area (Å²) in [7, 11) is 4.78. The molecule has 4 rings (SSSR count). The number of benzene rings is 2. The monoisotopic (exact) mass is 407 g/mol. The molecule has 0 aromatic heterocycles. The maximum Gasteiger partial charge on any atom is 0.225 e. The Morgan fingerprint density at radius 1 is 0.800 bits per heavy atom. The van der Waals surface area contributed by atoms with Crippen LogP contribution in [0.15, 0.2) is 53.7 Å². The van der Waals surface area contributed by atoms with Crippen LogP contribution in [0.5, 0.6) is 17.2 Å². The van der Waals surface area contributed by atoms with E-state index in [2.05, 4.69) is 5.32 Å². The van der Waals surface area contributed by atoms with E-state index < -0.39 is 0 Å². The van der Waals surface area contributed by atoms with Gasteiger partial charge in [0.05, 0.1) is 21.3 Å². The first-order valence-electron chi connectivity index (χ1n) is 9.96. The molecule has 1 aliphatic carbocycles. The van der Waals surface area contributed by atoms with Crippen molar-refractivity contribution in [3.05, 3.63) is 64.9 Å². The zero-order valence-electron chi connectivity index (χ0n) is 17.4. The molecule has 1 aliphatic heterocycles. The molecular formula is C24H25NO5. The van der Waals surface area contributed by atoms with Gasteiger partial charge in [-0.15, -0.1) is 0 Å². The first kappa shape index (κ1) is 20.0. The second kappa shape index (κ2) is 8.22. The van der Waals surface area contributed by atoms with Gasteiger partial charge in [0, 0.05) is 30.0 Å². The smallest absolute Gasteiger partial charge is 0.225 e. The van der Waals surface area contributed by atoms with Crippen molar-refractivity contribution in [1.29, 1.82) is 0 Å². The summed E-state index contributed by atoms with van der Waals surface area (Å²) in [5.41, 5.74) is 3.40. The number of amides is 1. The normalized spacial score (nSPS) is 21.0. The van der Waals surface area contributed by atoms with E-state index in [4.69, 9.17) is 14.2 Å². The van der Waals surface area contributed by atoms with Crippen LogP contribution in [0.3, 0.4) is 0 Å². The number of hydrogen-bond acceptors (Lipinski definition) is 5. The maximum atomic E-state index is 13.2. The highest BCUT2D eigenvalue weighted by atomic mass is 16.5. The minimum atomic E-state index is -0.280. The lowest BCUT2D eigenvalue weighted by Crippen LogP contribution is -2.38. The summed E-state index contributed by atoms with van der Waals surface area (Å²) >= 11 is 0. The van der Waals surface area contributed by atoms with Crippen molar-refractivity contribution < 1.29 is 23.8 Å². The fraction of sp³-hybridized carbons (Fsp3) is 0.333. The van der Waals surface area contributed by atoms with Crippen LogP contribution in [-0.4, -0.2) is 33.0 Å². The molecule has 2 aromatic rings. The molecular weight excluding hydrogens is 382 g/mol. The quantitative estimate of drug-likeness (QED) is 0.818. The Bertz CT molecular complexity index is 1010. The molecule has 1 amide bonds. The van der Waals surface area contributed by atoms with Gasteiger partial charge in [-0.1, -0.05) is 18.2 Å². The van der Waals surface area contributed by atoms with Gasteiger partial charge in [-0.25, -0.2) is 0 Å². The maximum absolute atomic E-state index is 13.2. The van der Waals surface area contributed by atoms with Gasteiger partial charge in [0.15, 0.2) is 17.3 Å². The highest BCUT2D eigenvalue weighted by Gasteiger charge is 2.38. The van der Waals surface area contributed by atoms with Crippen molar-refractivity contribution in [2.24, 2.45) is 0 Å². The average Bonchev–Trinajstić information content (AvgIpc) is 2.77.